The second-order valence-corrected chi connectivity index (χ2v) is 2.42. The van der Waals surface area contributed by atoms with E-state index in [0.717, 1.165) is 0 Å². The summed E-state index contributed by atoms with van der Waals surface area (Å²) in [4.78, 5) is 15.0. The average molecular weight is 218 g/mol. The van der Waals surface area contributed by atoms with Crippen LogP contribution in [0.2, 0.25) is 0 Å². The first-order chi connectivity index (χ1) is 6.25. The molecule has 1 aromatic rings. The Hall–Kier alpha value is -1.33. The van der Waals surface area contributed by atoms with Crippen molar-refractivity contribution in [3.63, 3.8) is 0 Å². The van der Waals surface area contributed by atoms with Gasteiger partial charge in [-0.15, -0.1) is 12.4 Å². The Labute approximate surface area is 87.7 Å². The Balaban J connectivity index is 0.00000169. The molecule has 0 unspecified atom stereocenters. The van der Waals surface area contributed by atoms with Gasteiger partial charge < -0.3 is 16.2 Å². The fourth-order valence-corrected chi connectivity index (χ4v) is 0.841. The lowest BCUT2D eigenvalue weighted by molar-refractivity contribution is 0.0947. The van der Waals surface area contributed by atoms with Gasteiger partial charge in [-0.2, -0.15) is 0 Å². The van der Waals surface area contributed by atoms with Gasteiger partial charge in [-0.05, 0) is 12.1 Å². The number of hydrogen-bond donors (Lipinski definition) is 3. The Morgan fingerprint density at radius 2 is 2.36 bits per heavy atom. The summed E-state index contributed by atoms with van der Waals surface area (Å²) in [6.07, 6.45) is 1.44. The van der Waals surface area contributed by atoms with E-state index in [-0.39, 0.29) is 23.9 Å². The largest absolute Gasteiger partial charge is 0.505 e. The molecule has 0 saturated heterocycles. The number of carbonyl (C=O) groups is 1. The zero-order chi connectivity index (χ0) is 9.68. The van der Waals surface area contributed by atoms with Crippen molar-refractivity contribution in [1.29, 1.82) is 0 Å². The first-order valence-electron chi connectivity index (χ1n) is 3.88. The highest BCUT2D eigenvalue weighted by Gasteiger charge is 2.10. The molecule has 6 heteroatoms. The van der Waals surface area contributed by atoms with Gasteiger partial charge in [-0.1, -0.05) is 0 Å². The van der Waals surface area contributed by atoms with Crippen LogP contribution in [-0.4, -0.2) is 29.1 Å². The van der Waals surface area contributed by atoms with Crippen molar-refractivity contribution < 1.29 is 9.90 Å². The molecule has 1 amide bonds. The van der Waals surface area contributed by atoms with Crippen LogP contribution in [0.25, 0.3) is 0 Å². The molecule has 0 aromatic carbocycles. The van der Waals surface area contributed by atoms with Crippen LogP contribution in [-0.2, 0) is 0 Å². The van der Waals surface area contributed by atoms with Crippen LogP contribution in [0, 0.1) is 0 Å². The Morgan fingerprint density at radius 3 is 2.93 bits per heavy atom. The molecule has 0 fully saturated rings. The number of pyridine rings is 1. The van der Waals surface area contributed by atoms with Gasteiger partial charge in [0.1, 0.15) is 5.75 Å². The summed E-state index contributed by atoms with van der Waals surface area (Å²) < 4.78 is 0. The molecule has 0 aliphatic rings. The Bertz CT molecular complexity index is 306. The quantitative estimate of drug-likeness (QED) is 0.660. The third-order valence-electron chi connectivity index (χ3n) is 1.43. The van der Waals surface area contributed by atoms with Gasteiger partial charge >= 0.3 is 0 Å². The third-order valence-corrected chi connectivity index (χ3v) is 1.43. The minimum Gasteiger partial charge on any atom is -0.505 e. The molecule has 0 aliphatic heterocycles. The number of hydrogen-bond acceptors (Lipinski definition) is 4. The van der Waals surface area contributed by atoms with Gasteiger partial charge in [0, 0.05) is 19.3 Å². The fraction of sp³-hybridized carbons (Fsp3) is 0.250. The normalized spacial score (nSPS) is 8.93. The molecule has 1 aromatic heterocycles. The van der Waals surface area contributed by atoms with E-state index in [1.54, 1.807) is 6.07 Å². The van der Waals surface area contributed by atoms with Crippen LogP contribution in [0.15, 0.2) is 18.3 Å². The average Bonchev–Trinajstić information content (AvgIpc) is 2.15. The molecule has 0 atom stereocenters. The minimum absolute atomic E-state index is 0. The molecule has 78 valence electrons. The number of halogens is 1. The molecular weight excluding hydrogens is 206 g/mol. The second-order valence-electron chi connectivity index (χ2n) is 2.42. The number of nitrogens with one attached hydrogen (secondary N) is 1. The maximum Gasteiger partial charge on any atom is 0.273 e. The van der Waals surface area contributed by atoms with Crippen molar-refractivity contribution in [2.45, 2.75) is 0 Å². The molecular formula is C8H12ClN3O2. The van der Waals surface area contributed by atoms with Crippen molar-refractivity contribution in [3.8, 4) is 5.75 Å². The molecule has 0 aliphatic carbocycles. The summed E-state index contributed by atoms with van der Waals surface area (Å²) in [7, 11) is 0. The second kappa shape index (κ2) is 6.17. The molecule has 5 nitrogen and oxygen atoms in total. The number of aromatic nitrogens is 1. The smallest absolute Gasteiger partial charge is 0.273 e. The lowest BCUT2D eigenvalue weighted by Gasteiger charge is -2.03. The SMILES string of the molecule is Cl.NCCNC(=O)c1ncccc1O. The highest BCUT2D eigenvalue weighted by atomic mass is 35.5. The van der Waals surface area contributed by atoms with E-state index in [1.165, 1.54) is 12.3 Å². The maximum absolute atomic E-state index is 11.2. The van der Waals surface area contributed by atoms with Gasteiger partial charge in [0.05, 0.1) is 0 Å². The molecule has 0 bridgehead atoms. The first kappa shape index (κ1) is 12.7. The van der Waals surface area contributed by atoms with Gasteiger partial charge in [-0.25, -0.2) is 4.98 Å². The zero-order valence-electron chi connectivity index (χ0n) is 7.43. The molecule has 1 heterocycles. The van der Waals surface area contributed by atoms with E-state index < -0.39 is 5.91 Å². The van der Waals surface area contributed by atoms with Crippen molar-refractivity contribution in [3.05, 3.63) is 24.0 Å². The summed E-state index contributed by atoms with van der Waals surface area (Å²) in [5.74, 6) is -0.541. The topological polar surface area (TPSA) is 88.2 Å². The van der Waals surface area contributed by atoms with Crippen LogP contribution < -0.4 is 11.1 Å². The van der Waals surface area contributed by atoms with E-state index in [0.29, 0.717) is 13.1 Å². The van der Waals surface area contributed by atoms with Gasteiger partial charge in [-0.3, -0.25) is 4.79 Å². The van der Waals surface area contributed by atoms with Crippen LogP contribution in [0.4, 0.5) is 0 Å². The number of nitrogens with two attached hydrogens (primary N) is 1. The zero-order valence-corrected chi connectivity index (χ0v) is 8.25. The summed E-state index contributed by atoms with van der Waals surface area (Å²) >= 11 is 0. The van der Waals surface area contributed by atoms with E-state index in [1.807, 2.05) is 0 Å². The first-order valence-corrected chi connectivity index (χ1v) is 3.88. The number of aromatic hydroxyl groups is 1. The molecule has 4 N–H and O–H groups in total. The van der Waals surface area contributed by atoms with Crippen LogP contribution in [0.3, 0.4) is 0 Å². The third kappa shape index (κ3) is 3.20. The van der Waals surface area contributed by atoms with E-state index in [2.05, 4.69) is 10.3 Å². The number of rotatable bonds is 3. The van der Waals surface area contributed by atoms with Gasteiger partial charge in [0.15, 0.2) is 5.69 Å². The summed E-state index contributed by atoms with van der Waals surface area (Å²) in [6, 6.07) is 2.96. The van der Waals surface area contributed by atoms with Crippen molar-refractivity contribution >= 4 is 18.3 Å². The highest BCUT2D eigenvalue weighted by molar-refractivity contribution is 5.94. The van der Waals surface area contributed by atoms with Crippen LogP contribution >= 0.6 is 12.4 Å². The van der Waals surface area contributed by atoms with E-state index in [4.69, 9.17) is 5.73 Å². The Morgan fingerprint density at radius 1 is 1.64 bits per heavy atom. The Kier molecular flexibility index (Phi) is 5.59. The number of carbonyl (C=O) groups excluding carboxylic acids is 1. The van der Waals surface area contributed by atoms with Crippen LogP contribution in [0.1, 0.15) is 10.5 Å². The lowest BCUT2D eigenvalue weighted by Crippen LogP contribution is -2.29. The van der Waals surface area contributed by atoms with E-state index >= 15 is 0 Å². The maximum atomic E-state index is 11.2. The molecule has 14 heavy (non-hydrogen) atoms. The van der Waals surface area contributed by atoms with Crippen molar-refractivity contribution in [2.75, 3.05) is 13.1 Å². The lowest BCUT2D eigenvalue weighted by atomic mass is 10.3. The monoisotopic (exact) mass is 217 g/mol. The van der Waals surface area contributed by atoms with Gasteiger partial charge in [0.25, 0.3) is 5.91 Å². The summed E-state index contributed by atoms with van der Waals surface area (Å²) in [5.41, 5.74) is 5.22. The highest BCUT2D eigenvalue weighted by Crippen LogP contribution is 2.11. The van der Waals surface area contributed by atoms with Crippen LogP contribution in [0.5, 0.6) is 5.75 Å². The molecule has 0 spiro atoms. The fourth-order valence-electron chi connectivity index (χ4n) is 0.841. The van der Waals surface area contributed by atoms with Gasteiger partial charge in [0.2, 0.25) is 0 Å². The molecule has 0 saturated carbocycles. The van der Waals surface area contributed by atoms with Crippen molar-refractivity contribution in [1.82, 2.24) is 10.3 Å². The number of amides is 1. The summed E-state index contributed by atoms with van der Waals surface area (Å²) in [6.45, 7) is 0.730. The molecule has 1 rings (SSSR count). The predicted octanol–water partition coefficient (Wildman–Crippen LogP) is -0.103. The number of nitrogens with zero attached hydrogens (tertiary/aromatic N) is 1. The standard InChI is InChI=1S/C8H11N3O2.ClH/c9-3-5-11-8(13)7-6(12)2-1-4-10-7;/h1-2,4,12H,3,5,9H2,(H,11,13);1H. The van der Waals surface area contributed by atoms with Crippen molar-refractivity contribution in [2.24, 2.45) is 5.73 Å². The molecule has 0 radical (unpaired) electrons. The summed E-state index contributed by atoms with van der Waals surface area (Å²) in [5, 5.41) is 11.7. The minimum atomic E-state index is -0.413. The predicted molar refractivity (Wildman–Crippen MR) is 54.5 cm³/mol. The van der Waals surface area contributed by atoms with E-state index in [9.17, 15) is 9.90 Å².